The van der Waals surface area contributed by atoms with Crippen molar-refractivity contribution in [3.63, 3.8) is 0 Å². The van der Waals surface area contributed by atoms with E-state index in [-0.39, 0.29) is 5.56 Å². The molecule has 0 aliphatic rings. The first kappa shape index (κ1) is 17.8. The van der Waals surface area contributed by atoms with Gasteiger partial charge in [-0.15, -0.1) is 21.5 Å². The third kappa shape index (κ3) is 3.48. The highest BCUT2D eigenvalue weighted by Crippen LogP contribution is 2.29. The normalized spacial score (nSPS) is 11.2. The fraction of sp³-hybridized carbons (Fsp3) is 0.0476. The van der Waals surface area contributed by atoms with Gasteiger partial charge in [-0.25, -0.2) is 4.98 Å². The molecule has 5 aromatic rings. The highest BCUT2D eigenvalue weighted by molar-refractivity contribution is 7.98. The monoisotopic (exact) mass is 417 g/mol. The predicted molar refractivity (Wildman–Crippen MR) is 117 cm³/mol. The highest BCUT2D eigenvalue weighted by atomic mass is 32.2. The smallest absolute Gasteiger partial charge is 0.268 e. The molecule has 0 aliphatic carbocycles. The van der Waals surface area contributed by atoms with Crippen LogP contribution >= 0.6 is 23.1 Å². The van der Waals surface area contributed by atoms with Crippen molar-refractivity contribution in [2.24, 2.45) is 0 Å². The van der Waals surface area contributed by atoms with Crippen molar-refractivity contribution in [1.29, 1.82) is 0 Å². The molecule has 0 saturated heterocycles. The van der Waals surface area contributed by atoms with Gasteiger partial charge in [0, 0.05) is 11.3 Å². The molecule has 8 heteroatoms. The van der Waals surface area contributed by atoms with Gasteiger partial charge in [0.15, 0.2) is 11.0 Å². The number of fused-ring (bicyclic) bond motifs is 1. The highest BCUT2D eigenvalue weighted by Gasteiger charge is 2.16. The molecule has 5 rings (SSSR count). The van der Waals surface area contributed by atoms with Gasteiger partial charge in [-0.05, 0) is 23.6 Å². The Morgan fingerprint density at radius 2 is 1.72 bits per heavy atom. The summed E-state index contributed by atoms with van der Waals surface area (Å²) in [5.74, 6) is 1.88. The largest absolute Gasteiger partial charge is 0.309 e. The van der Waals surface area contributed by atoms with Gasteiger partial charge in [0.25, 0.3) is 5.56 Å². The number of nitrogens with zero attached hydrogens (tertiary/aromatic N) is 4. The lowest BCUT2D eigenvalue weighted by Crippen LogP contribution is -2.09. The fourth-order valence-corrected chi connectivity index (χ4v) is 4.62. The summed E-state index contributed by atoms with van der Waals surface area (Å²) in [6, 6.07) is 21.8. The van der Waals surface area contributed by atoms with Gasteiger partial charge in [0.2, 0.25) is 0 Å². The van der Waals surface area contributed by atoms with E-state index in [0.29, 0.717) is 16.3 Å². The molecule has 0 aliphatic heterocycles. The Morgan fingerprint density at radius 3 is 2.52 bits per heavy atom. The Balaban J connectivity index is 1.53. The number of thioether (sulfide) groups is 1. The van der Waals surface area contributed by atoms with Crippen molar-refractivity contribution in [2.75, 3.05) is 0 Å². The van der Waals surface area contributed by atoms with Gasteiger partial charge in [-0.2, -0.15) is 0 Å². The Labute approximate surface area is 174 Å². The minimum Gasteiger partial charge on any atom is -0.309 e. The Hall–Kier alpha value is -3.23. The first-order chi connectivity index (χ1) is 14.3. The maximum Gasteiger partial charge on any atom is 0.268 e. The van der Waals surface area contributed by atoms with Gasteiger partial charge >= 0.3 is 0 Å². The van der Waals surface area contributed by atoms with Gasteiger partial charge in [-0.1, -0.05) is 60.3 Å². The summed E-state index contributed by atoms with van der Waals surface area (Å²) < 4.78 is 2.68. The van der Waals surface area contributed by atoms with Gasteiger partial charge in [0.05, 0.1) is 11.3 Å². The molecule has 0 amide bonds. The Morgan fingerprint density at radius 1 is 0.966 bits per heavy atom. The zero-order chi connectivity index (χ0) is 19.6. The second-order valence-electron chi connectivity index (χ2n) is 6.28. The van der Waals surface area contributed by atoms with Crippen LogP contribution in [0.3, 0.4) is 0 Å². The molecule has 0 radical (unpaired) electrons. The minimum atomic E-state index is -0.102. The van der Waals surface area contributed by atoms with E-state index < -0.39 is 0 Å². The second-order valence-corrected chi connectivity index (χ2v) is 8.14. The van der Waals surface area contributed by atoms with Crippen LogP contribution in [-0.4, -0.2) is 24.7 Å². The molecular formula is C21H15N5OS2. The molecule has 142 valence electrons. The molecule has 0 fully saturated rings. The van der Waals surface area contributed by atoms with E-state index in [9.17, 15) is 4.79 Å². The molecular weight excluding hydrogens is 402 g/mol. The number of H-pyrrole nitrogens is 1. The second kappa shape index (κ2) is 7.65. The van der Waals surface area contributed by atoms with Crippen LogP contribution in [0.4, 0.5) is 0 Å². The summed E-state index contributed by atoms with van der Waals surface area (Å²) in [5, 5.41) is 11.5. The number of thiophene rings is 1. The molecule has 0 bridgehead atoms. The lowest BCUT2D eigenvalue weighted by atomic mass is 10.2. The number of rotatable bonds is 5. The summed E-state index contributed by atoms with van der Waals surface area (Å²) in [7, 11) is 0. The van der Waals surface area contributed by atoms with Crippen LogP contribution in [0.25, 0.3) is 27.3 Å². The number of benzene rings is 2. The lowest BCUT2D eigenvalue weighted by Gasteiger charge is -2.10. The third-order valence-corrected chi connectivity index (χ3v) is 6.22. The van der Waals surface area contributed by atoms with Gasteiger partial charge in [-0.3, -0.25) is 9.36 Å². The number of nitrogens with one attached hydrogen (secondary N) is 1. The SMILES string of the molecule is O=c1[nH]c(CSc2nnc(-c3ccccc3)n2-c2ccccc2)nc2ccsc12. The van der Waals surface area contributed by atoms with Crippen molar-refractivity contribution in [1.82, 2.24) is 24.7 Å². The molecule has 29 heavy (non-hydrogen) atoms. The summed E-state index contributed by atoms with van der Waals surface area (Å²) in [6.45, 7) is 0. The van der Waals surface area contributed by atoms with Crippen LogP contribution in [0.1, 0.15) is 5.82 Å². The average Bonchev–Trinajstić information content (AvgIpc) is 3.41. The summed E-state index contributed by atoms with van der Waals surface area (Å²) in [4.78, 5) is 19.6. The number of hydrogen-bond donors (Lipinski definition) is 1. The summed E-state index contributed by atoms with van der Waals surface area (Å²) >= 11 is 2.89. The lowest BCUT2D eigenvalue weighted by molar-refractivity contribution is 0.883. The molecule has 0 spiro atoms. The minimum absolute atomic E-state index is 0.102. The van der Waals surface area contributed by atoms with Gasteiger partial charge in [0.1, 0.15) is 10.5 Å². The fourth-order valence-electron chi connectivity index (χ4n) is 3.07. The standard InChI is InChI=1S/C21H15N5OS2/c27-20-18-16(11-12-28-18)22-17(23-20)13-29-21-25-24-19(14-7-3-1-4-8-14)26(21)15-9-5-2-6-10-15/h1-12H,13H2,(H,22,23,27). The molecule has 3 heterocycles. The van der Waals surface area contributed by atoms with E-state index in [1.165, 1.54) is 23.1 Å². The summed E-state index contributed by atoms with van der Waals surface area (Å²) in [5.41, 5.74) is 2.59. The quantitative estimate of drug-likeness (QED) is 0.425. The van der Waals surface area contributed by atoms with E-state index in [4.69, 9.17) is 0 Å². The maximum absolute atomic E-state index is 12.2. The van der Waals surface area contributed by atoms with Gasteiger partial charge < -0.3 is 4.98 Å². The van der Waals surface area contributed by atoms with Crippen molar-refractivity contribution in [3.05, 3.63) is 88.3 Å². The van der Waals surface area contributed by atoms with E-state index in [0.717, 1.165) is 27.7 Å². The molecule has 1 N–H and O–H groups in total. The van der Waals surface area contributed by atoms with E-state index in [2.05, 4.69) is 20.2 Å². The number of aromatic amines is 1. The van der Waals surface area contributed by atoms with Crippen LogP contribution in [0.5, 0.6) is 0 Å². The zero-order valence-corrected chi connectivity index (χ0v) is 16.8. The van der Waals surface area contributed by atoms with Crippen LogP contribution < -0.4 is 5.56 Å². The summed E-state index contributed by atoms with van der Waals surface area (Å²) in [6.07, 6.45) is 0. The molecule has 0 unspecified atom stereocenters. The molecule has 0 atom stereocenters. The van der Waals surface area contributed by atoms with Crippen LogP contribution in [0.15, 0.2) is 82.1 Å². The number of para-hydroxylation sites is 1. The van der Waals surface area contributed by atoms with Crippen molar-refractivity contribution in [2.45, 2.75) is 10.9 Å². The Bertz CT molecular complexity index is 1330. The molecule has 2 aromatic carbocycles. The predicted octanol–water partition coefficient (Wildman–Crippen LogP) is 4.52. The topological polar surface area (TPSA) is 76.5 Å². The third-order valence-electron chi connectivity index (χ3n) is 4.38. The number of hydrogen-bond acceptors (Lipinski definition) is 6. The first-order valence-corrected chi connectivity index (χ1v) is 10.8. The van der Waals surface area contributed by atoms with E-state index in [1.807, 2.05) is 76.7 Å². The van der Waals surface area contributed by atoms with Crippen molar-refractivity contribution >= 4 is 33.3 Å². The van der Waals surface area contributed by atoms with Crippen molar-refractivity contribution in [3.8, 4) is 17.1 Å². The van der Waals surface area contributed by atoms with Crippen molar-refractivity contribution < 1.29 is 0 Å². The first-order valence-electron chi connectivity index (χ1n) is 8.95. The van der Waals surface area contributed by atoms with E-state index >= 15 is 0 Å². The van der Waals surface area contributed by atoms with Crippen LogP contribution in [0, 0.1) is 0 Å². The van der Waals surface area contributed by atoms with E-state index in [1.54, 1.807) is 0 Å². The average molecular weight is 418 g/mol. The molecule has 0 saturated carbocycles. The zero-order valence-electron chi connectivity index (χ0n) is 15.1. The molecule has 6 nitrogen and oxygen atoms in total. The maximum atomic E-state index is 12.2. The van der Waals surface area contributed by atoms with Crippen LogP contribution in [0.2, 0.25) is 0 Å². The number of aromatic nitrogens is 5. The Kier molecular flexibility index (Phi) is 4.71. The molecule has 3 aromatic heterocycles. The van der Waals surface area contributed by atoms with Crippen LogP contribution in [-0.2, 0) is 5.75 Å².